The first-order valence-corrected chi connectivity index (χ1v) is 12.7. The lowest BCUT2D eigenvalue weighted by Crippen LogP contribution is -2.21. The molecule has 0 aliphatic carbocycles. The number of aromatic nitrogens is 4. The summed E-state index contributed by atoms with van der Waals surface area (Å²) in [5, 5.41) is 19.0. The molecule has 234 valence electrons. The van der Waals surface area contributed by atoms with Crippen LogP contribution >= 0.6 is 0 Å². The number of rotatable bonds is 4. The molecule has 1 aromatic carbocycles. The summed E-state index contributed by atoms with van der Waals surface area (Å²) in [5.41, 5.74) is 4.28. The molecule has 17 heteroatoms. The SMILES string of the molecule is O=C(O)C(F)(F)F.O=C(O)C(F)(F)F.c1cncc(-c2ccc3nc(C4CCN(Cc5ccc6c(c5)OCO6)C4)nn3c2)c1. The molecule has 0 bridgehead atoms. The second-order valence-corrected chi connectivity index (χ2v) is 9.45. The highest BCUT2D eigenvalue weighted by Gasteiger charge is 2.39. The average Bonchev–Trinajstić information content (AvgIpc) is 3.72. The number of likely N-dealkylation sites (tertiary alicyclic amines) is 1. The van der Waals surface area contributed by atoms with Gasteiger partial charge in [0.25, 0.3) is 0 Å². The molecule has 2 aliphatic rings. The monoisotopic (exact) mass is 627 g/mol. The van der Waals surface area contributed by atoms with E-state index < -0.39 is 24.3 Å². The fourth-order valence-corrected chi connectivity index (χ4v) is 4.26. The van der Waals surface area contributed by atoms with Crippen LogP contribution in [0.4, 0.5) is 26.3 Å². The first-order valence-electron chi connectivity index (χ1n) is 12.7. The third-order valence-corrected chi connectivity index (χ3v) is 6.31. The maximum atomic E-state index is 10.6. The Labute approximate surface area is 244 Å². The smallest absolute Gasteiger partial charge is 0.475 e. The minimum atomic E-state index is -5.08. The molecule has 11 nitrogen and oxygen atoms in total. The summed E-state index contributed by atoms with van der Waals surface area (Å²) in [7, 11) is 0. The Morgan fingerprint density at radius 3 is 2.25 bits per heavy atom. The molecule has 6 rings (SSSR count). The van der Waals surface area contributed by atoms with Crippen LogP contribution in [-0.4, -0.2) is 78.9 Å². The number of pyridine rings is 2. The number of hydrogen-bond donors (Lipinski definition) is 2. The highest BCUT2D eigenvalue weighted by molar-refractivity contribution is 5.73. The van der Waals surface area contributed by atoms with Crippen LogP contribution in [0, 0.1) is 0 Å². The summed E-state index contributed by atoms with van der Waals surface area (Å²) >= 11 is 0. The van der Waals surface area contributed by atoms with Gasteiger partial charge in [-0.3, -0.25) is 9.88 Å². The molecule has 1 unspecified atom stereocenters. The van der Waals surface area contributed by atoms with Gasteiger partial charge < -0.3 is 19.7 Å². The molecule has 2 aliphatic heterocycles. The molecule has 0 saturated carbocycles. The topological polar surface area (TPSA) is 139 Å². The van der Waals surface area contributed by atoms with Crippen molar-refractivity contribution < 1.29 is 55.6 Å². The number of fused-ring (bicyclic) bond motifs is 2. The Morgan fingerprint density at radius 2 is 1.61 bits per heavy atom. The lowest BCUT2D eigenvalue weighted by atomic mass is 10.1. The van der Waals surface area contributed by atoms with Crippen LogP contribution in [0.1, 0.15) is 23.7 Å². The molecule has 0 spiro atoms. The summed E-state index contributed by atoms with van der Waals surface area (Å²) in [6.45, 7) is 3.20. The molecule has 0 radical (unpaired) electrons. The van der Waals surface area contributed by atoms with Crippen molar-refractivity contribution in [3.8, 4) is 22.6 Å². The van der Waals surface area contributed by atoms with Gasteiger partial charge in [0.05, 0.1) is 0 Å². The van der Waals surface area contributed by atoms with Crippen LogP contribution in [-0.2, 0) is 16.1 Å². The zero-order chi connectivity index (χ0) is 32.1. The van der Waals surface area contributed by atoms with E-state index in [1.807, 2.05) is 35.1 Å². The molecule has 44 heavy (non-hydrogen) atoms. The van der Waals surface area contributed by atoms with Gasteiger partial charge in [-0.1, -0.05) is 12.1 Å². The van der Waals surface area contributed by atoms with Crippen molar-refractivity contribution in [3.05, 3.63) is 72.4 Å². The fourth-order valence-electron chi connectivity index (χ4n) is 4.26. The van der Waals surface area contributed by atoms with Crippen molar-refractivity contribution in [3.63, 3.8) is 0 Å². The number of alkyl halides is 6. The zero-order valence-electron chi connectivity index (χ0n) is 22.4. The molecule has 1 fully saturated rings. The zero-order valence-corrected chi connectivity index (χ0v) is 22.4. The van der Waals surface area contributed by atoms with E-state index in [9.17, 15) is 26.3 Å². The van der Waals surface area contributed by atoms with Crippen molar-refractivity contribution in [1.82, 2.24) is 24.5 Å². The van der Waals surface area contributed by atoms with Crippen LogP contribution in [0.5, 0.6) is 11.5 Å². The van der Waals surface area contributed by atoms with Gasteiger partial charge in [-0.2, -0.15) is 31.4 Å². The number of halogens is 6. The van der Waals surface area contributed by atoms with E-state index in [0.717, 1.165) is 60.2 Å². The predicted molar refractivity (Wildman–Crippen MR) is 139 cm³/mol. The standard InChI is InChI=1S/C23H21N5O2.2C2HF3O2/c1-2-17(11-24-8-1)18-4-6-22-25-23(26-28(22)14-18)19-7-9-27(13-19)12-16-3-5-20-21(10-16)30-15-29-20;2*3-2(4,5)1(6)7/h1-6,8,10-11,14,19H,7,9,12-13,15H2;2*(H,6,7). The normalized spacial score (nSPS) is 16.1. The number of carbonyl (C=O) groups is 2. The van der Waals surface area contributed by atoms with Gasteiger partial charge in [0.15, 0.2) is 23.0 Å². The summed E-state index contributed by atoms with van der Waals surface area (Å²) in [6.07, 6.45) is -3.42. The maximum absolute atomic E-state index is 10.6. The van der Waals surface area contributed by atoms with E-state index in [2.05, 4.69) is 34.1 Å². The Balaban J connectivity index is 0.000000265. The van der Waals surface area contributed by atoms with Gasteiger partial charge in [0, 0.05) is 48.7 Å². The number of nitrogens with zero attached hydrogens (tertiary/aromatic N) is 5. The lowest BCUT2D eigenvalue weighted by Gasteiger charge is -2.15. The number of aliphatic carboxylic acids is 2. The van der Waals surface area contributed by atoms with Crippen molar-refractivity contribution in [2.45, 2.75) is 31.2 Å². The highest BCUT2D eigenvalue weighted by Crippen LogP contribution is 2.34. The van der Waals surface area contributed by atoms with E-state index in [1.165, 1.54) is 5.56 Å². The summed E-state index contributed by atoms with van der Waals surface area (Å²) < 4.78 is 76.3. The number of carboxylic acid groups (broad SMARTS) is 2. The second kappa shape index (κ2) is 13.2. The predicted octanol–water partition coefficient (Wildman–Crippen LogP) is 4.78. The first-order chi connectivity index (χ1) is 20.7. The van der Waals surface area contributed by atoms with Gasteiger partial charge in [-0.05, 0) is 48.9 Å². The minimum absolute atomic E-state index is 0.312. The molecule has 3 aromatic heterocycles. The molecule has 0 amide bonds. The van der Waals surface area contributed by atoms with Crippen LogP contribution in [0.15, 0.2) is 61.1 Å². The lowest BCUT2D eigenvalue weighted by molar-refractivity contribution is -0.193. The van der Waals surface area contributed by atoms with Gasteiger partial charge in [-0.25, -0.2) is 19.1 Å². The molecular weight excluding hydrogens is 604 g/mol. The average molecular weight is 627 g/mol. The van der Waals surface area contributed by atoms with E-state index in [0.29, 0.717) is 12.7 Å². The van der Waals surface area contributed by atoms with Crippen LogP contribution < -0.4 is 9.47 Å². The van der Waals surface area contributed by atoms with E-state index in [1.54, 1.807) is 6.20 Å². The Hall–Kier alpha value is -4.93. The molecule has 4 aromatic rings. The summed E-state index contributed by atoms with van der Waals surface area (Å²) in [4.78, 5) is 29.2. The van der Waals surface area contributed by atoms with Gasteiger partial charge in [0.2, 0.25) is 6.79 Å². The van der Waals surface area contributed by atoms with Gasteiger partial charge in [-0.15, -0.1) is 0 Å². The van der Waals surface area contributed by atoms with Gasteiger partial charge in [0.1, 0.15) is 0 Å². The Bertz CT molecular complexity index is 1590. The van der Waals surface area contributed by atoms with E-state index in [4.69, 9.17) is 39.4 Å². The Kier molecular flexibility index (Phi) is 9.56. The number of hydrogen-bond acceptors (Lipinski definition) is 8. The number of carboxylic acids is 2. The third-order valence-electron chi connectivity index (χ3n) is 6.31. The first kappa shape index (κ1) is 32.0. The van der Waals surface area contributed by atoms with E-state index >= 15 is 0 Å². The van der Waals surface area contributed by atoms with Crippen molar-refractivity contribution in [2.75, 3.05) is 19.9 Å². The summed E-state index contributed by atoms with van der Waals surface area (Å²) in [6, 6.07) is 14.3. The Morgan fingerprint density at radius 1 is 0.932 bits per heavy atom. The van der Waals surface area contributed by atoms with Crippen LogP contribution in [0.25, 0.3) is 16.8 Å². The van der Waals surface area contributed by atoms with Crippen molar-refractivity contribution in [2.24, 2.45) is 0 Å². The molecule has 1 atom stereocenters. The quantitative estimate of drug-likeness (QED) is 0.304. The molecular formula is C27H23F6N5O6. The second-order valence-electron chi connectivity index (χ2n) is 9.45. The highest BCUT2D eigenvalue weighted by atomic mass is 19.4. The van der Waals surface area contributed by atoms with E-state index in [-0.39, 0.29) is 0 Å². The molecule has 2 N–H and O–H groups in total. The third kappa shape index (κ3) is 8.33. The number of benzene rings is 1. The minimum Gasteiger partial charge on any atom is -0.475 e. The fraction of sp³-hybridized carbons (Fsp3) is 0.296. The van der Waals surface area contributed by atoms with Crippen molar-refractivity contribution >= 4 is 17.6 Å². The molecule has 1 saturated heterocycles. The largest absolute Gasteiger partial charge is 0.490 e. The van der Waals surface area contributed by atoms with Gasteiger partial charge >= 0.3 is 24.3 Å². The van der Waals surface area contributed by atoms with Crippen molar-refractivity contribution in [1.29, 1.82) is 0 Å². The maximum Gasteiger partial charge on any atom is 0.490 e. The molecule has 5 heterocycles. The summed E-state index contributed by atoms with van der Waals surface area (Å²) in [5.74, 6) is -2.57. The van der Waals surface area contributed by atoms with Crippen LogP contribution in [0.3, 0.4) is 0 Å². The van der Waals surface area contributed by atoms with Crippen LogP contribution in [0.2, 0.25) is 0 Å². The number of ether oxygens (including phenoxy) is 2.